The number of ether oxygens (including phenoxy) is 2. The number of likely N-dealkylation sites (tertiary alicyclic amines) is 1. The third-order valence-electron chi connectivity index (χ3n) is 8.84. The van der Waals surface area contributed by atoms with Crippen LogP contribution in [-0.2, 0) is 23.9 Å². The van der Waals surface area contributed by atoms with Crippen molar-refractivity contribution in [1.29, 1.82) is 0 Å². The molecule has 1 N–H and O–H groups in total. The minimum absolute atomic E-state index is 0.0307. The third-order valence-corrected chi connectivity index (χ3v) is 8.84. The fraction of sp³-hybridized carbons (Fsp3) is 0.581. The number of benzene rings is 1. The van der Waals surface area contributed by atoms with Gasteiger partial charge in [-0.3, -0.25) is 14.4 Å². The number of amides is 2. The Balaban J connectivity index is 1.83. The van der Waals surface area contributed by atoms with Crippen LogP contribution in [0.25, 0.3) is 0 Å². The van der Waals surface area contributed by atoms with E-state index < -0.39 is 41.1 Å². The molecule has 0 saturated carbocycles. The van der Waals surface area contributed by atoms with Crippen molar-refractivity contribution in [2.24, 2.45) is 11.8 Å². The summed E-state index contributed by atoms with van der Waals surface area (Å²) in [7, 11) is 0. The highest BCUT2D eigenvalue weighted by Crippen LogP contribution is 2.65. The second-order valence-corrected chi connectivity index (χ2v) is 10.9. The first-order valence-corrected chi connectivity index (χ1v) is 14.2. The van der Waals surface area contributed by atoms with Gasteiger partial charge >= 0.3 is 5.97 Å². The van der Waals surface area contributed by atoms with Gasteiger partial charge in [-0.15, -0.1) is 6.58 Å². The highest BCUT2D eigenvalue weighted by Gasteiger charge is 2.79. The number of rotatable bonds is 14. The molecule has 1 aromatic rings. The SMILES string of the molecule is C=CCOC(=O)[C@@H]1[C@H]2C(=O)N([C@H](CO)c3ccccc3)C(C(=O)N(CC=C)CCCCC)C23CC[C@@]1(CC)O3. The highest BCUT2D eigenvalue weighted by molar-refractivity contribution is 5.99. The molecular weight excluding hydrogens is 496 g/mol. The zero-order chi connectivity index (χ0) is 28.2. The van der Waals surface area contributed by atoms with Crippen molar-refractivity contribution in [2.45, 2.75) is 75.7 Å². The van der Waals surface area contributed by atoms with Gasteiger partial charge in [0, 0.05) is 13.1 Å². The number of hydrogen-bond acceptors (Lipinski definition) is 6. The predicted octanol–water partition coefficient (Wildman–Crippen LogP) is 3.81. The van der Waals surface area contributed by atoms with Crippen LogP contribution in [0.4, 0.5) is 0 Å². The number of unbranched alkanes of at least 4 members (excludes halogenated alkanes) is 2. The molecule has 6 atom stereocenters. The van der Waals surface area contributed by atoms with E-state index in [2.05, 4.69) is 20.1 Å². The molecule has 8 nitrogen and oxygen atoms in total. The normalized spacial score (nSPS) is 29.7. The molecule has 4 rings (SSSR count). The largest absolute Gasteiger partial charge is 0.461 e. The van der Waals surface area contributed by atoms with Crippen molar-refractivity contribution in [2.75, 3.05) is 26.3 Å². The van der Waals surface area contributed by atoms with Gasteiger partial charge in [-0.05, 0) is 31.2 Å². The summed E-state index contributed by atoms with van der Waals surface area (Å²) in [6, 6.07) is 7.47. The van der Waals surface area contributed by atoms with E-state index in [4.69, 9.17) is 9.47 Å². The molecule has 2 unspecified atom stereocenters. The molecule has 3 heterocycles. The molecule has 3 saturated heterocycles. The molecule has 2 bridgehead atoms. The maximum Gasteiger partial charge on any atom is 0.313 e. The number of fused-ring (bicyclic) bond motifs is 1. The van der Waals surface area contributed by atoms with E-state index in [9.17, 15) is 19.5 Å². The number of hydrogen-bond donors (Lipinski definition) is 1. The van der Waals surface area contributed by atoms with Crippen molar-refractivity contribution in [1.82, 2.24) is 9.80 Å². The fourth-order valence-electron chi connectivity index (χ4n) is 7.06. The molecule has 3 fully saturated rings. The van der Waals surface area contributed by atoms with Gasteiger partial charge in [0.25, 0.3) is 0 Å². The molecule has 2 amide bonds. The summed E-state index contributed by atoms with van der Waals surface area (Å²) >= 11 is 0. The van der Waals surface area contributed by atoms with Crippen LogP contribution in [0.1, 0.15) is 64.0 Å². The lowest BCUT2D eigenvalue weighted by Crippen LogP contribution is -2.57. The van der Waals surface area contributed by atoms with Crippen LogP contribution in [0.3, 0.4) is 0 Å². The van der Waals surface area contributed by atoms with E-state index >= 15 is 0 Å². The Morgan fingerprint density at radius 1 is 1.21 bits per heavy atom. The Kier molecular flexibility index (Phi) is 8.96. The average Bonchev–Trinajstić information content (AvgIpc) is 3.56. The quantitative estimate of drug-likeness (QED) is 0.220. The summed E-state index contributed by atoms with van der Waals surface area (Å²) in [6.45, 7) is 12.1. The van der Waals surface area contributed by atoms with Gasteiger partial charge in [0.05, 0.1) is 24.2 Å². The van der Waals surface area contributed by atoms with Crippen LogP contribution >= 0.6 is 0 Å². The summed E-state index contributed by atoms with van der Waals surface area (Å²) in [6.07, 6.45) is 7.52. The second kappa shape index (κ2) is 12.0. The monoisotopic (exact) mass is 538 g/mol. The van der Waals surface area contributed by atoms with E-state index in [1.165, 1.54) is 11.0 Å². The van der Waals surface area contributed by atoms with Crippen molar-refractivity contribution in [3.05, 3.63) is 61.2 Å². The van der Waals surface area contributed by atoms with Gasteiger partial charge < -0.3 is 24.4 Å². The van der Waals surface area contributed by atoms with Crippen LogP contribution in [0.15, 0.2) is 55.6 Å². The smallest absolute Gasteiger partial charge is 0.313 e. The second-order valence-electron chi connectivity index (χ2n) is 10.9. The van der Waals surface area contributed by atoms with Gasteiger partial charge in [0.15, 0.2) is 0 Å². The molecule has 1 aromatic carbocycles. The van der Waals surface area contributed by atoms with Crippen LogP contribution in [-0.4, -0.2) is 76.2 Å². The van der Waals surface area contributed by atoms with Gasteiger partial charge in [-0.25, -0.2) is 0 Å². The van der Waals surface area contributed by atoms with Crippen LogP contribution in [0, 0.1) is 11.8 Å². The number of carbonyl (C=O) groups excluding carboxylic acids is 3. The van der Waals surface area contributed by atoms with Crippen LogP contribution < -0.4 is 0 Å². The topological polar surface area (TPSA) is 96.4 Å². The number of nitrogens with zero attached hydrogens (tertiary/aromatic N) is 2. The van der Waals surface area contributed by atoms with Gasteiger partial charge in [-0.2, -0.15) is 0 Å². The standard InChI is InChI=1S/C31H42N2O6/c1-5-9-13-19-32(18-6-2)28(36)26-31-17-16-30(8-4,39-31)25(29(37)38-20-7-3)24(31)27(35)33(26)23(21-34)22-14-11-10-12-15-22/h6-7,10-12,14-15,23-26,34H,2-3,5,8-9,13,16-21H2,1,4H3/t23-,24+,25+,26?,30-,31?/m1/s1. The van der Waals surface area contributed by atoms with E-state index in [1.807, 2.05) is 37.3 Å². The Morgan fingerprint density at radius 3 is 2.56 bits per heavy atom. The van der Waals surface area contributed by atoms with Crippen molar-refractivity contribution in [3.8, 4) is 0 Å². The first-order valence-electron chi connectivity index (χ1n) is 14.2. The molecule has 0 aromatic heterocycles. The van der Waals surface area contributed by atoms with Crippen molar-refractivity contribution < 1.29 is 29.0 Å². The lowest BCUT2D eigenvalue weighted by Gasteiger charge is -2.39. The summed E-state index contributed by atoms with van der Waals surface area (Å²) in [5.74, 6) is -2.80. The predicted molar refractivity (Wildman–Crippen MR) is 147 cm³/mol. The molecule has 1 spiro atoms. The van der Waals surface area contributed by atoms with Gasteiger partial charge in [0.1, 0.15) is 24.2 Å². The van der Waals surface area contributed by atoms with Crippen LogP contribution in [0.5, 0.6) is 0 Å². The van der Waals surface area contributed by atoms with Gasteiger partial charge in [0.2, 0.25) is 11.8 Å². The Hall–Kier alpha value is -2.97. The van der Waals surface area contributed by atoms with Crippen LogP contribution in [0.2, 0.25) is 0 Å². The summed E-state index contributed by atoms with van der Waals surface area (Å²) in [4.78, 5) is 45.7. The molecule has 0 aliphatic carbocycles. The molecule has 212 valence electrons. The highest BCUT2D eigenvalue weighted by atomic mass is 16.6. The minimum Gasteiger partial charge on any atom is -0.461 e. The average molecular weight is 539 g/mol. The number of esters is 1. The molecule has 3 aliphatic rings. The van der Waals surface area contributed by atoms with Crippen molar-refractivity contribution >= 4 is 17.8 Å². The molecule has 8 heteroatoms. The first-order chi connectivity index (χ1) is 18.9. The summed E-state index contributed by atoms with van der Waals surface area (Å²) < 4.78 is 12.3. The zero-order valence-corrected chi connectivity index (χ0v) is 23.2. The third kappa shape index (κ3) is 4.82. The maximum atomic E-state index is 14.5. The Morgan fingerprint density at radius 2 is 1.95 bits per heavy atom. The molecular formula is C31H42N2O6. The van der Waals surface area contributed by atoms with E-state index in [-0.39, 0.29) is 25.0 Å². The van der Waals surface area contributed by atoms with E-state index in [0.29, 0.717) is 37.9 Å². The van der Waals surface area contributed by atoms with Crippen molar-refractivity contribution in [3.63, 3.8) is 0 Å². The lowest BCUT2D eigenvalue weighted by atomic mass is 9.65. The minimum atomic E-state index is -1.19. The number of aliphatic hydroxyl groups is 1. The number of aliphatic hydroxyl groups excluding tert-OH is 1. The fourth-order valence-corrected chi connectivity index (χ4v) is 7.06. The molecule has 39 heavy (non-hydrogen) atoms. The number of carbonyl (C=O) groups is 3. The van der Waals surface area contributed by atoms with Gasteiger partial charge in [-0.1, -0.05) is 75.8 Å². The lowest BCUT2D eigenvalue weighted by molar-refractivity contribution is -0.163. The zero-order valence-electron chi connectivity index (χ0n) is 23.2. The van der Waals surface area contributed by atoms with E-state index in [0.717, 1.165) is 19.3 Å². The Labute approximate surface area is 231 Å². The Bertz CT molecular complexity index is 1080. The van der Waals surface area contributed by atoms with E-state index in [1.54, 1.807) is 11.0 Å². The molecule has 0 radical (unpaired) electrons. The molecule has 3 aliphatic heterocycles. The first kappa shape index (κ1) is 29.0. The maximum absolute atomic E-state index is 14.5. The summed E-state index contributed by atoms with van der Waals surface area (Å²) in [5, 5.41) is 10.6. The summed E-state index contributed by atoms with van der Waals surface area (Å²) in [5.41, 5.74) is -1.35.